The molecule has 0 radical (unpaired) electrons. The van der Waals surface area contributed by atoms with Gasteiger partial charge in [0.2, 0.25) is 5.91 Å². The lowest BCUT2D eigenvalue weighted by Gasteiger charge is -2.01. The van der Waals surface area contributed by atoms with Gasteiger partial charge in [0.25, 0.3) is 0 Å². The Labute approximate surface area is 126 Å². The lowest BCUT2D eigenvalue weighted by atomic mass is 10.1. The van der Waals surface area contributed by atoms with Crippen LogP contribution in [0.5, 0.6) is 0 Å². The maximum Gasteiger partial charge on any atom is 0.229 e. The predicted octanol–water partition coefficient (Wildman–Crippen LogP) is 3.39. The molecule has 0 bridgehead atoms. The van der Waals surface area contributed by atoms with Crippen LogP contribution in [0.2, 0.25) is 0 Å². The van der Waals surface area contributed by atoms with Gasteiger partial charge in [0, 0.05) is 18.0 Å². The summed E-state index contributed by atoms with van der Waals surface area (Å²) in [6.07, 6.45) is 5.52. The first-order chi connectivity index (χ1) is 10.3. The molecule has 0 atom stereocenters. The molecule has 0 saturated heterocycles. The van der Waals surface area contributed by atoms with E-state index in [1.807, 2.05) is 42.5 Å². The molecule has 0 spiro atoms. The van der Waals surface area contributed by atoms with Crippen molar-refractivity contribution in [1.82, 2.24) is 9.97 Å². The number of thiazole rings is 1. The van der Waals surface area contributed by atoms with Gasteiger partial charge in [-0.25, -0.2) is 4.98 Å². The van der Waals surface area contributed by atoms with Crippen molar-refractivity contribution in [3.63, 3.8) is 0 Å². The average molecular weight is 295 g/mol. The second-order valence-electron chi connectivity index (χ2n) is 4.48. The van der Waals surface area contributed by atoms with E-state index >= 15 is 0 Å². The van der Waals surface area contributed by atoms with E-state index in [-0.39, 0.29) is 5.91 Å². The zero-order chi connectivity index (χ0) is 14.5. The smallest absolute Gasteiger partial charge is 0.229 e. The zero-order valence-electron chi connectivity index (χ0n) is 11.2. The molecule has 1 amide bonds. The second kappa shape index (κ2) is 6.28. The Bertz CT molecular complexity index is 726. The number of rotatable bonds is 4. The first-order valence-electron chi connectivity index (χ1n) is 6.51. The van der Waals surface area contributed by atoms with Crippen LogP contribution < -0.4 is 5.32 Å². The summed E-state index contributed by atoms with van der Waals surface area (Å²) in [4.78, 5) is 20.4. The Morgan fingerprint density at radius 3 is 2.71 bits per heavy atom. The average Bonchev–Trinajstić information content (AvgIpc) is 2.97. The Kier molecular flexibility index (Phi) is 4.02. The van der Waals surface area contributed by atoms with Crippen LogP contribution in [0.15, 0.2) is 61.1 Å². The lowest BCUT2D eigenvalue weighted by molar-refractivity contribution is -0.115. The highest BCUT2D eigenvalue weighted by molar-refractivity contribution is 7.19. The van der Waals surface area contributed by atoms with Crippen molar-refractivity contribution in [1.29, 1.82) is 0 Å². The maximum atomic E-state index is 12.0. The van der Waals surface area contributed by atoms with Gasteiger partial charge in [-0.3, -0.25) is 9.78 Å². The molecule has 3 rings (SSSR count). The molecule has 2 heterocycles. The van der Waals surface area contributed by atoms with Crippen LogP contribution in [-0.4, -0.2) is 15.9 Å². The Morgan fingerprint density at radius 2 is 1.95 bits per heavy atom. The topological polar surface area (TPSA) is 54.9 Å². The number of hydrogen-bond acceptors (Lipinski definition) is 4. The summed E-state index contributed by atoms with van der Waals surface area (Å²) in [5, 5.41) is 4.47. The van der Waals surface area contributed by atoms with E-state index in [4.69, 9.17) is 0 Å². The number of pyridine rings is 1. The summed E-state index contributed by atoms with van der Waals surface area (Å²) in [5.41, 5.74) is 1.94. The fourth-order valence-electron chi connectivity index (χ4n) is 1.92. The quantitative estimate of drug-likeness (QED) is 0.802. The minimum atomic E-state index is -0.0393. The number of aromatic nitrogens is 2. The maximum absolute atomic E-state index is 12.0. The van der Waals surface area contributed by atoms with E-state index in [2.05, 4.69) is 15.3 Å². The van der Waals surface area contributed by atoms with E-state index < -0.39 is 0 Å². The van der Waals surface area contributed by atoms with E-state index in [0.29, 0.717) is 6.42 Å². The molecule has 0 fully saturated rings. The molecule has 0 aliphatic heterocycles. The molecule has 104 valence electrons. The van der Waals surface area contributed by atoms with Gasteiger partial charge < -0.3 is 5.32 Å². The van der Waals surface area contributed by atoms with Crippen LogP contribution in [0.1, 0.15) is 5.56 Å². The van der Waals surface area contributed by atoms with Crippen molar-refractivity contribution >= 4 is 22.2 Å². The number of anilines is 1. The van der Waals surface area contributed by atoms with Crippen LogP contribution in [0, 0.1) is 0 Å². The predicted molar refractivity (Wildman–Crippen MR) is 84.1 cm³/mol. The highest BCUT2D eigenvalue weighted by Crippen LogP contribution is 2.27. The second-order valence-corrected chi connectivity index (χ2v) is 5.51. The molecular weight excluding hydrogens is 282 g/mol. The van der Waals surface area contributed by atoms with Gasteiger partial charge in [-0.2, -0.15) is 0 Å². The number of carbonyl (C=O) groups excluding carboxylic acids is 1. The van der Waals surface area contributed by atoms with Gasteiger partial charge in [-0.05, 0) is 17.7 Å². The van der Waals surface area contributed by atoms with E-state index in [1.165, 1.54) is 11.3 Å². The van der Waals surface area contributed by atoms with Crippen LogP contribution in [0.3, 0.4) is 0 Å². The highest BCUT2D eigenvalue weighted by Gasteiger charge is 2.08. The van der Waals surface area contributed by atoms with Crippen LogP contribution in [0.25, 0.3) is 10.6 Å². The molecule has 0 aliphatic rings. The highest BCUT2D eigenvalue weighted by atomic mass is 32.1. The number of benzene rings is 1. The number of hydrogen-bond donors (Lipinski definition) is 1. The first kappa shape index (κ1) is 13.5. The molecule has 5 heteroatoms. The largest absolute Gasteiger partial charge is 0.316 e. The fraction of sp³-hybridized carbons (Fsp3) is 0.0625. The molecule has 1 N–H and O–H groups in total. The summed E-state index contributed by atoms with van der Waals surface area (Å²) in [6, 6.07) is 13.5. The summed E-state index contributed by atoms with van der Waals surface area (Å²) < 4.78 is 0. The van der Waals surface area contributed by atoms with Crippen molar-refractivity contribution < 1.29 is 4.79 Å². The Hall–Kier alpha value is -2.53. The van der Waals surface area contributed by atoms with Crippen LogP contribution >= 0.6 is 11.3 Å². The number of amides is 1. The standard InChI is InChI=1S/C16H13N3OS/c20-14(9-12-5-2-1-3-6-12)19-15-11-18-16(21-15)13-7-4-8-17-10-13/h1-8,10-11H,9H2,(H,19,20). The molecule has 4 nitrogen and oxygen atoms in total. The molecule has 2 aromatic heterocycles. The molecule has 0 aliphatic carbocycles. The Balaban J connectivity index is 1.66. The van der Waals surface area contributed by atoms with Crippen molar-refractivity contribution in [2.24, 2.45) is 0 Å². The Morgan fingerprint density at radius 1 is 1.10 bits per heavy atom. The summed E-state index contributed by atoms with van der Waals surface area (Å²) in [5.74, 6) is -0.0393. The van der Waals surface area contributed by atoms with Crippen molar-refractivity contribution in [3.8, 4) is 10.6 Å². The number of nitrogens with zero attached hydrogens (tertiary/aromatic N) is 2. The summed E-state index contributed by atoms with van der Waals surface area (Å²) in [7, 11) is 0. The van der Waals surface area contributed by atoms with Gasteiger partial charge in [0.15, 0.2) is 0 Å². The van der Waals surface area contributed by atoms with Gasteiger partial charge in [0.1, 0.15) is 10.0 Å². The monoisotopic (exact) mass is 295 g/mol. The number of carbonyl (C=O) groups is 1. The van der Waals surface area contributed by atoms with Crippen molar-refractivity contribution in [2.75, 3.05) is 5.32 Å². The molecule has 1 aromatic carbocycles. The molecule has 21 heavy (non-hydrogen) atoms. The lowest BCUT2D eigenvalue weighted by Crippen LogP contribution is -2.13. The fourth-order valence-corrected chi connectivity index (χ4v) is 2.74. The summed E-state index contributed by atoms with van der Waals surface area (Å²) in [6.45, 7) is 0. The van der Waals surface area contributed by atoms with Crippen LogP contribution in [-0.2, 0) is 11.2 Å². The third kappa shape index (κ3) is 3.52. The first-order valence-corrected chi connectivity index (χ1v) is 7.33. The van der Waals surface area contributed by atoms with Crippen molar-refractivity contribution in [3.05, 3.63) is 66.6 Å². The third-order valence-electron chi connectivity index (χ3n) is 2.88. The van der Waals surface area contributed by atoms with Gasteiger partial charge in [-0.1, -0.05) is 41.7 Å². The summed E-state index contributed by atoms with van der Waals surface area (Å²) >= 11 is 1.44. The van der Waals surface area contributed by atoms with E-state index in [0.717, 1.165) is 21.1 Å². The molecule has 0 unspecified atom stereocenters. The van der Waals surface area contributed by atoms with E-state index in [1.54, 1.807) is 18.6 Å². The normalized spacial score (nSPS) is 10.3. The molecule has 0 saturated carbocycles. The minimum Gasteiger partial charge on any atom is -0.316 e. The zero-order valence-corrected chi connectivity index (χ0v) is 12.0. The SMILES string of the molecule is O=C(Cc1ccccc1)Nc1cnc(-c2cccnc2)s1. The van der Waals surface area contributed by atoms with Gasteiger partial charge >= 0.3 is 0 Å². The van der Waals surface area contributed by atoms with Gasteiger partial charge in [0.05, 0.1) is 12.6 Å². The molecule has 3 aromatic rings. The van der Waals surface area contributed by atoms with Crippen molar-refractivity contribution in [2.45, 2.75) is 6.42 Å². The molecular formula is C16H13N3OS. The van der Waals surface area contributed by atoms with Gasteiger partial charge in [-0.15, -0.1) is 0 Å². The third-order valence-corrected chi connectivity index (χ3v) is 3.85. The van der Waals surface area contributed by atoms with E-state index in [9.17, 15) is 4.79 Å². The minimum absolute atomic E-state index is 0.0393. The van der Waals surface area contributed by atoms with Crippen LogP contribution in [0.4, 0.5) is 5.00 Å². The number of nitrogens with one attached hydrogen (secondary N) is 1.